The zero-order valence-electron chi connectivity index (χ0n) is 32.9. The van der Waals surface area contributed by atoms with E-state index in [9.17, 15) is 30.7 Å². The maximum atomic E-state index is 13.0. The molecular formula is C42H43N9O7S2. The maximum Gasteiger partial charge on any atom is 0.391 e. The third-order valence-corrected chi connectivity index (χ3v) is 10.7. The second-order valence-corrected chi connectivity index (χ2v) is 16.4. The third kappa shape index (κ3) is 11.3. The van der Waals surface area contributed by atoms with E-state index in [0.717, 1.165) is 44.5 Å². The Morgan fingerprint density at radius 1 is 0.667 bits per heavy atom. The summed E-state index contributed by atoms with van der Waals surface area (Å²) in [7, 11) is -4.77. The van der Waals surface area contributed by atoms with Gasteiger partial charge in [0, 0.05) is 34.9 Å². The first-order chi connectivity index (χ1) is 28.2. The summed E-state index contributed by atoms with van der Waals surface area (Å²) >= 11 is 0. The molecule has 0 unspecified atom stereocenters. The Balaban J connectivity index is 0.000000252. The van der Waals surface area contributed by atoms with Crippen LogP contribution in [0.25, 0.3) is 22.0 Å². The number of nitrogens with zero attached hydrogens (tertiary/aromatic N) is 3. The number of nitrogens with two attached hydrogens (primary N) is 4. The predicted molar refractivity (Wildman–Crippen MR) is 230 cm³/mol. The van der Waals surface area contributed by atoms with Gasteiger partial charge in [-0.3, -0.25) is 10.5 Å². The van der Waals surface area contributed by atoms with Gasteiger partial charge in [0.2, 0.25) is 11.3 Å². The summed E-state index contributed by atoms with van der Waals surface area (Å²) in [5.74, 6) is 0.344. The molecule has 0 saturated heterocycles. The van der Waals surface area contributed by atoms with Crippen molar-refractivity contribution in [1.29, 1.82) is 0 Å². The number of pyridine rings is 1. The van der Waals surface area contributed by atoms with Crippen LogP contribution in [0.1, 0.15) is 21.5 Å². The number of fused-ring (bicyclic) bond motifs is 1. The molecule has 1 amide bonds. The summed E-state index contributed by atoms with van der Waals surface area (Å²) < 4.78 is 66.0. The monoisotopic (exact) mass is 849 g/mol. The van der Waals surface area contributed by atoms with Crippen molar-refractivity contribution in [1.82, 2.24) is 4.98 Å². The van der Waals surface area contributed by atoms with Crippen molar-refractivity contribution in [3.63, 3.8) is 0 Å². The summed E-state index contributed by atoms with van der Waals surface area (Å²) in [6.07, 6.45) is 3.78. The summed E-state index contributed by atoms with van der Waals surface area (Å²) in [5, 5.41) is 7.25. The number of hydrogen-bond acceptors (Lipinski definition) is 13. The molecule has 2 heterocycles. The van der Waals surface area contributed by atoms with E-state index in [0.29, 0.717) is 34.4 Å². The van der Waals surface area contributed by atoms with Gasteiger partial charge in [0.05, 0.1) is 45.2 Å². The smallest absolute Gasteiger partial charge is 0.391 e. The Kier molecular flexibility index (Phi) is 13.4. The minimum atomic E-state index is -4.27. The second-order valence-electron chi connectivity index (χ2n) is 13.6. The van der Waals surface area contributed by atoms with Crippen molar-refractivity contribution in [2.75, 3.05) is 33.6 Å². The van der Waals surface area contributed by atoms with E-state index >= 15 is 0 Å². The minimum absolute atomic E-state index is 0.178. The van der Waals surface area contributed by atoms with Crippen LogP contribution >= 0.6 is 0 Å². The van der Waals surface area contributed by atoms with Crippen molar-refractivity contribution < 1.29 is 39.9 Å². The molecule has 0 fully saturated rings. The standard InChI is InChI=1S/C28H27N9O.2C7H8O3S/c1-36-12-11-24(21-13-17(29)5-10-25(21)36)33-19-8-9-20(23(30)14-19)27(38)34-18-6-3-16(4-7-18)22-15-37(2)28(32)35-26(22)31;2*1-6-2-4-7(5-3-6)11(8,9)10/h3-15H,29H2,1-2H3,(H6,30,31,32,34,35,38);2*2-5H,1H3,(H,8,9,10). The molecule has 310 valence electrons. The predicted octanol–water partition coefficient (Wildman–Crippen LogP) is 4.67. The Hall–Kier alpha value is -7.12. The van der Waals surface area contributed by atoms with Gasteiger partial charge in [-0.1, -0.05) is 52.5 Å². The molecule has 0 bridgehead atoms. The SMILES string of the molecule is C[n+]1cc(-c2ccc(NC(=O)c3ccc(Nc4cc[n+](C)c5ccc(N)cc45)cc3N)cc2)c(N)nc1N.Cc1ccc(S(=O)(=O)[O-])cc1.Cc1ccc(S(=O)(=O)[O-])cc1. The lowest BCUT2D eigenvalue weighted by atomic mass is 10.1. The van der Waals surface area contributed by atoms with Crippen LogP contribution < -0.4 is 42.7 Å². The molecule has 18 heteroatoms. The third-order valence-electron chi connectivity index (χ3n) is 9.00. The number of aromatic nitrogens is 3. The van der Waals surface area contributed by atoms with E-state index in [1.54, 1.807) is 60.1 Å². The number of benzene rings is 5. The summed E-state index contributed by atoms with van der Waals surface area (Å²) in [6.45, 7) is 3.64. The second kappa shape index (κ2) is 18.2. The first-order valence-corrected chi connectivity index (χ1v) is 20.7. The molecule has 10 N–H and O–H groups in total. The number of amides is 1. The van der Waals surface area contributed by atoms with Gasteiger partial charge in [0.25, 0.3) is 5.91 Å². The van der Waals surface area contributed by atoms with Gasteiger partial charge >= 0.3 is 5.95 Å². The Labute approximate surface area is 347 Å². The number of rotatable bonds is 7. The lowest BCUT2D eigenvalue weighted by Crippen LogP contribution is -2.33. The highest BCUT2D eigenvalue weighted by Crippen LogP contribution is 2.29. The summed E-state index contributed by atoms with van der Waals surface area (Å²) in [5.41, 5.74) is 32.3. The molecule has 0 aliphatic heterocycles. The number of carbonyl (C=O) groups is 1. The van der Waals surface area contributed by atoms with Gasteiger partial charge in [0.1, 0.15) is 27.3 Å². The fourth-order valence-electron chi connectivity index (χ4n) is 5.70. The van der Waals surface area contributed by atoms with Crippen LogP contribution in [-0.2, 0) is 34.3 Å². The summed E-state index contributed by atoms with van der Waals surface area (Å²) in [4.78, 5) is 16.8. The molecule has 0 saturated carbocycles. The van der Waals surface area contributed by atoms with Crippen LogP contribution in [0, 0.1) is 13.8 Å². The van der Waals surface area contributed by atoms with Crippen LogP contribution in [0.5, 0.6) is 0 Å². The number of carbonyl (C=O) groups excluding carboxylic acids is 1. The van der Waals surface area contributed by atoms with Crippen LogP contribution in [0.4, 0.5) is 40.2 Å². The quantitative estimate of drug-likeness (QED) is 0.0723. The number of hydrogen-bond donors (Lipinski definition) is 6. The average molecular weight is 850 g/mol. The van der Waals surface area contributed by atoms with Crippen molar-refractivity contribution in [2.45, 2.75) is 23.6 Å². The molecule has 0 radical (unpaired) electrons. The molecule has 5 aromatic carbocycles. The zero-order chi connectivity index (χ0) is 43.9. The van der Waals surface area contributed by atoms with Gasteiger partial charge in [-0.15, -0.1) is 0 Å². The van der Waals surface area contributed by atoms with E-state index in [2.05, 4.69) is 15.6 Å². The van der Waals surface area contributed by atoms with E-state index in [1.807, 2.05) is 80.3 Å². The minimum Gasteiger partial charge on any atom is -0.744 e. The highest BCUT2D eigenvalue weighted by Gasteiger charge is 2.16. The van der Waals surface area contributed by atoms with Gasteiger partial charge < -0.3 is 36.9 Å². The molecule has 0 aliphatic carbocycles. The van der Waals surface area contributed by atoms with Crippen molar-refractivity contribution >= 4 is 77.2 Å². The molecule has 16 nitrogen and oxygen atoms in total. The van der Waals surface area contributed by atoms with E-state index < -0.39 is 20.2 Å². The Morgan fingerprint density at radius 3 is 1.75 bits per heavy atom. The number of anilines is 7. The van der Waals surface area contributed by atoms with Gasteiger partial charge in [0.15, 0.2) is 6.20 Å². The van der Waals surface area contributed by atoms with Gasteiger partial charge in [-0.25, -0.2) is 26.0 Å². The van der Waals surface area contributed by atoms with Gasteiger partial charge in [-0.2, -0.15) is 0 Å². The fourth-order valence-corrected chi connectivity index (χ4v) is 6.64. The number of aryl methyl sites for hydroxylation is 4. The highest BCUT2D eigenvalue weighted by atomic mass is 32.2. The van der Waals surface area contributed by atoms with Gasteiger partial charge in [-0.05, 0) is 86.1 Å². The molecule has 7 rings (SSSR count). The summed E-state index contributed by atoms with van der Waals surface area (Å²) in [6, 6.07) is 31.8. The van der Waals surface area contributed by atoms with Crippen molar-refractivity contribution in [3.8, 4) is 11.1 Å². The van der Waals surface area contributed by atoms with E-state index in [4.69, 9.17) is 22.9 Å². The van der Waals surface area contributed by atoms with E-state index in [1.165, 1.54) is 24.3 Å². The molecule has 7 aromatic rings. The van der Waals surface area contributed by atoms with Crippen molar-refractivity contribution in [2.24, 2.45) is 14.1 Å². The topological polar surface area (TPSA) is 280 Å². The molecule has 0 spiro atoms. The first kappa shape index (κ1) is 44.0. The molecule has 2 aromatic heterocycles. The number of nitrogen functional groups attached to an aromatic ring is 4. The molecule has 0 atom stereocenters. The van der Waals surface area contributed by atoms with Crippen molar-refractivity contribution in [3.05, 3.63) is 144 Å². The molecule has 60 heavy (non-hydrogen) atoms. The maximum absolute atomic E-state index is 13.0. The average Bonchev–Trinajstić information content (AvgIpc) is 3.18. The van der Waals surface area contributed by atoms with Crippen LogP contribution in [0.3, 0.4) is 0 Å². The highest BCUT2D eigenvalue weighted by molar-refractivity contribution is 7.86. The zero-order valence-corrected chi connectivity index (χ0v) is 34.6. The molecular weight excluding hydrogens is 807 g/mol. The normalized spacial score (nSPS) is 11.1. The van der Waals surface area contributed by atoms with Crippen LogP contribution in [0.2, 0.25) is 0 Å². The first-order valence-electron chi connectivity index (χ1n) is 17.9. The largest absolute Gasteiger partial charge is 0.744 e. The van der Waals surface area contributed by atoms with Crippen LogP contribution in [-0.4, -0.2) is 36.8 Å². The van der Waals surface area contributed by atoms with E-state index in [-0.39, 0.29) is 15.7 Å². The Morgan fingerprint density at radius 2 is 1.22 bits per heavy atom. The van der Waals surface area contributed by atoms with Crippen LogP contribution in [0.15, 0.2) is 137 Å². The number of nitrogens with one attached hydrogen (secondary N) is 2. The lowest BCUT2D eigenvalue weighted by molar-refractivity contribution is -0.658. The lowest BCUT2D eigenvalue weighted by Gasteiger charge is -2.12. The Bertz CT molecular complexity index is 2840. The fraction of sp³-hybridized carbons (Fsp3) is 0.0952. The molecule has 0 aliphatic rings.